The zero-order valence-electron chi connectivity index (χ0n) is 16.8. The summed E-state index contributed by atoms with van der Waals surface area (Å²) in [4.78, 5) is 11.4. The Balaban J connectivity index is 0.000000318. The number of nitrogens with zero attached hydrogens (tertiary/aromatic N) is 3. The van der Waals surface area contributed by atoms with Gasteiger partial charge >= 0.3 is 12.1 Å². The summed E-state index contributed by atoms with van der Waals surface area (Å²) in [6, 6.07) is 2.23. The summed E-state index contributed by atoms with van der Waals surface area (Å²) in [5.74, 6) is -1.44. The van der Waals surface area contributed by atoms with Crippen molar-refractivity contribution in [3.8, 4) is 0 Å². The van der Waals surface area contributed by atoms with Gasteiger partial charge in [-0.15, -0.1) is 0 Å². The van der Waals surface area contributed by atoms with Gasteiger partial charge in [-0.05, 0) is 48.1 Å². The van der Waals surface area contributed by atoms with Gasteiger partial charge in [-0.2, -0.15) is 29.6 Å². The van der Waals surface area contributed by atoms with Crippen molar-refractivity contribution >= 4 is 17.3 Å². The van der Waals surface area contributed by atoms with Crippen molar-refractivity contribution < 1.29 is 27.8 Å². The van der Waals surface area contributed by atoms with Crippen LogP contribution in [0.2, 0.25) is 0 Å². The Labute approximate surface area is 177 Å². The molecule has 0 amide bonds. The summed E-state index contributed by atoms with van der Waals surface area (Å²) < 4.78 is 39.7. The number of thiophene rings is 1. The van der Waals surface area contributed by atoms with Crippen molar-refractivity contribution in [1.82, 2.24) is 14.7 Å². The molecule has 1 atom stereocenters. The standard InChI is InChI=1S/C18H25N3OS.C2HF3O2/c1-2-22-12-16-9-20(7-15-5-6-23-13-15)11-18-17(16)10-21(19-18)8-14-3-4-14;3-2(4,5)1(6)7/h5-6,10,13-14,16H,2-4,7-9,11-12H2,1H3;(H,6,7). The number of fused-ring (bicyclic) bond motifs is 1. The van der Waals surface area contributed by atoms with E-state index in [-0.39, 0.29) is 0 Å². The zero-order chi connectivity index (χ0) is 21.7. The summed E-state index contributed by atoms with van der Waals surface area (Å²) >= 11 is 1.78. The van der Waals surface area contributed by atoms with E-state index in [4.69, 9.17) is 19.7 Å². The lowest BCUT2D eigenvalue weighted by molar-refractivity contribution is -0.192. The molecule has 0 aromatic carbocycles. The van der Waals surface area contributed by atoms with Crippen molar-refractivity contribution in [3.63, 3.8) is 0 Å². The molecule has 6 nitrogen and oxygen atoms in total. The van der Waals surface area contributed by atoms with E-state index in [9.17, 15) is 13.2 Å². The highest BCUT2D eigenvalue weighted by molar-refractivity contribution is 7.07. The molecule has 1 aliphatic heterocycles. The summed E-state index contributed by atoms with van der Waals surface area (Å²) in [5, 5.41) is 16.4. The molecular formula is C20H26F3N3O3S. The molecule has 2 aromatic heterocycles. The van der Waals surface area contributed by atoms with Crippen LogP contribution in [0.5, 0.6) is 0 Å². The molecule has 0 spiro atoms. The van der Waals surface area contributed by atoms with Crippen LogP contribution in [-0.2, 0) is 29.2 Å². The van der Waals surface area contributed by atoms with Crippen LogP contribution in [0.1, 0.15) is 42.5 Å². The van der Waals surface area contributed by atoms with E-state index in [0.717, 1.165) is 45.3 Å². The number of carboxylic acids is 1. The van der Waals surface area contributed by atoms with Crippen LogP contribution in [0, 0.1) is 5.92 Å². The van der Waals surface area contributed by atoms with Gasteiger partial charge in [-0.25, -0.2) is 4.79 Å². The maximum atomic E-state index is 10.6. The first-order valence-corrected chi connectivity index (χ1v) is 10.9. The molecule has 3 heterocycles. The number of alkyl halides is 3. The molecule has 4 rings (SSSR count). The van der Waals surface area contributed by atoms with Crippen molar-refractivity contribution in [3.05, 3.63) is 39.8 Å². The quantitative estimate of drug-likeness (QED) is 0.694. The molecule has 10 heteroatoms. The lowest BCUT2D eigenvalue weighted by Gasteiger charge is -2.31. The van der Waals surface area contributed by atoms with E-state index in [1.165, 1.54) is 29.7 Å². The van der Waals surface area contributed by atoms with Crippen LogP contribution in [0.15, 0.2) is 23.0 Å². The van der Waals surface area contributed by atoms with Crippen molar-refractivity contribution in [2.24, 2.45) is 5.92 Å². The Morgan fingerprint density at radius 1 is 1.40 bits per heavy atom. The third-order valence-electron chi connectivity index (χ3n) is 5.06. The van der Waals surface area contributed by atoms with E-state index in [1.54, 1.807) is 11.3 Å². The largest absolute Gasteiger partial charge is 0.490 e. The fourth-order valence-electron chi connectivity index (χ4n) is 3.45. The average Bonchev–Trinajstić information content (AvgIpc) is 3.16. The van der Waals surface area contributed by atoms with Crippen LogP contribution >= 0.6 is 11.3 Å². The maximum absolute atomic E-state index is 10.6. The van der Waals surface area contributed by atoms with Crippen molar-refractivity contribution in [2.75, 3.05) is 19.8 Å². The number of halogens is 3. The Morgan fingerprint density at radius 2 is 2.13 bits per heavy atom. The van der Waals surface area contributed by atoms with Gasteiger partial charge in [0, 0.05) is 50.5 Å². The predicted molar refractivity (Wildman–Crippen MR) is 106 cm³/mol. The van der Waals surface area contributed by atoms with Crippen LogP contribution in [0.4, 0.5) is 13.2 Å². The topological polar surface area (TPSA) is 67.6 Å². The fourth-order valence-corrected chi connectivity index (χ4v) is 4.11. The number of carboxylic acid groups (broad SMARTS) is 1. The molecular weight excluding hydrogens is 419 g/mol. The predicted octanol–water partition coefficient (Wildman–Crippen LogP) is 4.12. The van der Waals surface area contributed by atoms with E-state index in [2.05, 4.69) is 39.5 Å². The van der Waals surface area contributed by atoms with Gasteiger partial charge in [0.15, 0.2) is 0 Å². The molecule has 1 fully saturated rings. The fraction of sp³-hybridized carbons (Fsp3) is 0.600. The second-order valence-electron chi connectivity index (χ2n) is 7.66. The average molecular weight is 446 g/mol. The first kappa shape index (κ1) is 22.8. The summed E-state index contributed by atoms with van der Waals surface area (Å²) in [6.45, 7) is 7.80. The molecule has 1 aliphatic carbocycles. The second kappa shape index (κ2) is 9.93. The first-order chi connectivity index (χ1) is 14.3. The number of rotatable bonds is 7. The number of hydrogen-bond acceptors (Lipinski definition) is 5. The number of aromatic nitrogens is 2. The van der Waals surface area contributed by atoms with Gasteiger partial charge in [-0.3, -0.25) is 9.58 Å². The highest BCUT2D eigenvalue weighted by atomic mass is 32.1. The molecule has 2 aromatic rings. The molecule has 0 radical (unpaired) electrons. The van der Waals surface area contributed by atoms with Gasteiger partial charge in [0.2, 0.25) is 0 Å². The van der Waals surface area contributed by atoms with Gasteiger partial charge in [-0.1, -0.05) is 0 Å². The monoisotopic (exact) mass is 445 g/mol. The van der Waals surface area contributed by atoms with E-state index >= 15 is 0 Å². The lowest BCUT2D eigenvalue weighted by atomic mass is 9.95. The van der Waals surface area contributed by atoms with Crippen LogP contribution in [0.3, 0.4) is 0 Å². The Morgan fingerprint density at radius 3 is 2.70 bits per heavy atom. The Hall–Kier alpha value is -1.91. The van der Waals surface area contributed by atoms with E-state index < -0.39 is 12.1 Å². The van der Waals surface area contributed by atoms with Gasteiger partial charge < -0.3 is 9.84 Å². The smallest absolute Gasteiger partial charge is 0.475 e. The van der Waals surface area contributed by atoms with Crippen molar-refractivity contribution in [2.45, 2.75) is 51.5 Å². The summed E-state index contributed by atoms with van der Waals surface area (Å²) in [6.07, 6.45) is -0.0480. The third-order valence-corrected chi connectivity index (χ3v) is 5.79. The second-order valence-corrected chi connectivity index (χ2v) is 8.44. The van der Waals surface area contributed by atoms with Gasteiger partial charge in [0.25, 0.3) is 0 Å². The zero-order valence-corrected chi connectivity index (χ0v) is 17.6. The van der Waals surface area contributed by atoms with E-state index in [1.807, 2.05) is 0 Å². The highest BCUT2D eigenvalue weighted by Crippen LogP contribution is 2.33. The molecule has 166 valence electrons. The minimum atomic E-state index is -5.08. The van der Waals surface area contributed by atoms with Crippen LogP contribution < -0.4 is 0 Å². The number of aliphatic carboxylic acids is 1. The lowest BCUT2D eigenvalue weighted by Crippen LogP contribution is -2.34. The maximum Gasteiger partial charge on any atom is 0.490 e. The minimum Gasteiger partial charge on any atom is -0.475 e. The highest BCUT2D eigenvalue weighted by Gasteiger charge is 2.38. The number of hydrogen-bond donors (Lipinski definition) is 1. The third kappa shape index (κ3) is 6.55. The molecule has 1 N–H and O–H groups in total. The van der Waals surface area contributed by atoms with Crippen molar-refractivity contribution in [1.29, 1.82) is 0 Å². The molecule has 2 aliphatic rings. The molecule has 30 heavy (non-hydrogen) atoms. The number of ether oxygens (including phenoxy) is 1. The molecule has 0 saturated heterocycles. The Bertz CT molecular complexity index is 819. The van der Waals surface area contributed by atoms with Crippen LogP contribution in [0.25, 0.3) is 0 Å². The summed E-state index contributed by atoms with van der Waals surface area (Å²) in [5.41, 5.74) is 4.09. The van der Waals surface area contributed by atoms with E-state index in [0.29, 0.717) is 5.92 Å². The normalized spacial score (nSPS) is 19.1. The van der Waals surface area contributed by atoms with Gasteiger partial charge in [0.1, 0.15) is 0 Å². The molecule has 1 saturated carbocycles. The Kier molecular flexibility index (Phi) is 7.54. The van der Waals surface area contributed by atoms with Gasteiger partial charge in [0.05, 0.1) is 12.3 Å². The minimum absolute atomic E-state index is 0.449. The summed E-state index contributed by atoms with van der Waals surface area (Å²) in [7, 11) is 0. The SMILES string of the molecule is CCOCC1CN(Cc2ccsc2)Cc2nn(CC3CC3)cc21.O=C(O)C(F)(F)F. The molecule has 1 unspecified atom stereocenters. The molecule has 0 bridgehead atoms. The first-order valence-electron chi connectivity index (χ1n) is 9.93. The van der Waals surface area contributed by atoms with Crippen LogP contribution in [-0.4, -0.2) is 51.7 Å². The number of carbonyl (C=O) groups is 1.